The number of hydrogen-bond donors (Lipinski definition) is 1. The van der Waals surface area contributed by atoms with Gasteiger partial charge in [-0.1, -0.05) is 68.0 Å². The SMILES string of the molecule is CCCC=Cc1ccc(C(=O)NC2CCC(Cc3ccccc3)CC2)cc1. The van der Waals surface area contributed by atoms with Gasteiger partial charge in [-0.25, -0.2) is 0 Å². The Morgan fingerprint density at radius 1 is 1.00 bits per heavy atom. The number of nitrogens with one attached hydrogen (secondary N) is 1. The standard InChI is InChI=1S/C25H31NO/c1-2-3-5-8-20-11-15-23(16-12-20)25(27)26-24-17-13-22(14-18-24)19-21-9-6-4-7-10-21/h4-12,15-16,22,24H,2-3,13-14,17-19H2,1H3,(H,26,27). The minimum Gasteiger partial charge on any atom is -0.349 e. The molecule has 1 fully saturated rings. The van der Waals surface area contributed by atoms with Crippen LogP contribution in [0.4, 0.5) is 0 Å². The van der Waals surface area contributed by atoms with E-state index < -0.39 is 0 Å². The summed E-state index contributed by atoms with van der Waals surface area (Å²) in [4.78, 5) is 12.5. The van der Waals surface area contributed by atoms with Crippen molar-refractivity contribution in [1.82, 2.24) is 5.32 Å². The summed E-state index contributed by atoms with van der Waals surface area (Å²) < 4.78 is 0. The van der Waals surface area contributed by atoms with Crippen molar-refractivity contribution in [2.45, 2.75) is 57.9 Å². The minimum atomic E-state index is 0.0607. The van der Waals surface area contributed by atoms with Gasteiger partial charge in [0, 0.05) is 11.6 Å². The summed E-state index contributed by atoms with van der Waals surface area (Å²) in [7, 11) is 0. The Kier molecular flexibility index (Phi) is 7.27. The van der Waals surface area contributed by atoms with E-state index >= 15 is 0 Å². The summed E-state index contributed by atoms with van der Waals surface area (Å²) in [5, 5.41) is 3.23. The average Bonchev–Trinajstić information content (AvgIpc) is 2.71. The first-order valence-electron chi connectivity index (χ1n) is 10.4. The van der Waals surface area contributed by atoms with Crippen molar-refractivity contribution in [1.29, 1.82) is 0 Å². The zero-order valence-corrected chi connectivity index (χ0v) is 16.4. The first-order chi connectivity index (χ1) is 13.2. The van der Waals surface area contributed by atoms with E-state index in [9.17, 15) is 4.79 Å². The molecule has 1 aliphatic rings. The zero-order valence-electron chi connectivity index (χ0n) is 16.4. The molecule has 2 nitrogen and oxygen atoms in total. The van der Waals surface area contributed by atoms with E-state index in [4.69, 9.17) is 0 Å². The topological polar surface area (TPSA) is 29.1 Å². The number of rotatable bonds is 7. The third-order valence-corrected chi connectivity index (χ3v) is 5.49. The molecule has 3 rings (SSSR count). The molecule has 1 N–H and O–H groups in total. The van der Waals surface area contributed by atoms with Gasteiger partial charge in [0.2, 0.25) is 0 Å². The number of unbranched alkanes of at least 4 members (excludes halogenated alkanes) is 1. The van der Waals surface area contributed by atoms with Crippen molar-refractivity contribution in [2.24, 2.45) is 5.92 Å². The number of allylic oxidation sites excluding steroid dienone is 1. The second kappa shape index (κ2) is 10.1. The van der Waals surface area contributed by atoms with Crippen LogP contribution in [0, 0.1) is 5.92 Å². The molecule has 0 unspecified atom stereocenters. The van der Waals surface area contributed by atoms with Gasteiger partial charge in [-0.3, -0.25) is 4.79 Å². The fourth-order valence-electron chi connectivity index (χ4n) is 3.86. The predicted octanol–water partition coefficient (Wildman–Crippen LogP) is 6.03. The Morgan fingerprint density at radius 3 is 2.37 bits per heavy atom. The highest BCUT2D eigenvalue weighted by Crippen LogP contribution is 2.27. The number of carbonyl (C=O) groups excluding carboxylic acids is 1. The highest BCUT2D eigenvalue weighted by molar-refractivity contribution is 5.94. The van der Waals surface area contributed by atoms with Crippen molar-refractivity contribution in [2.75, 3.05) is 0 Å². The second-order valence-electron chi connectivity index (χ2n) is 7.69. The summed E-state index contributed by atoms with van der Waals surface area (Å²) in [6, 6.07) is 19.0. The van der Waals surface area contributed by atoms with E-state index in [1.54, 1.807) is 0 Å². The van der Waals surface area contributed by atoms with Crippen LogP contribution in [-0.2, 0) is 6.42 Å². The molecule has 0 aromatic heterocycles. The largest absolute Gasteiger partial charge is 0.349 e. The van der Waals surface area contributed by atoms with Gasteiger partial charge in [-0.15, -0.1) is 0 Å². The molecular weight excluding hydrogens is 330 g/mol. The van der Waals surface area contributed by atoms with E-state index in [0.717, 1.165) is 49.1 Å². The van der Waals surface area contributed by atoms with Gasteiger partial charge in [-0.2, -0.15) is 0 Å². The molecule has 2 heteroatoms. The van der Waals surface area contributed by atoms with Crippen molar-refractivity contribution in [3.63, 3.8) is 0 Å². The Bertz CT molecular complexity index is 725. The first kappa shape index (κ1) is 19.4. The fraction of sp³-hybridized carbons (Fsp3) is 0.400. The van der Waals surface area contributed by atoms with Crippen LogP contribution in [0.25, 0.3) is 6.08 Å². The van der Waals surface area contributed by atoms with Crippen LogP contribution in [0.3, 0.4) is 0 Å². The molecule has 1 aliphatic carbocycles. The summed E-state index contributed by atoms with van der Waals surface area (Å²) >= 11 is 0. The maximum atomic E-state index is 12.5. The van der Waals surface area contributed by atoms with Gasteiger partial charge in [-0.05, 0) is 67.7 Å². The third kappa shape index (κ3) is 6.09. The molecule has 0 radical (unpaired) electrons. The smallest absolute Gasteiger partial charge is 0.251 e. The quantitative estimate of drug-likeness (QED) is 0.641. The predicted molar refractivity (Wildman–Crippen MR) is 114 cm³/mol. The molecule has 0 bridgehead atoms. The molecule has 2 aromatic rings. The number of hydrogen-bond acceptors (Lipinski definition) is 1. The molecule has 1 saturated carbocycles. The number of carbonyl (C=O) groups is 1. The van der Waals surface area contributed by atoms with Crippen LogP contribution in [0.2, 0.25) is 0 Å². The molecule has 1 amide bonds. The molecule has 0 heterocycles. The van der Waals surface area contributed by atoms with E-state index in [1.807, 2.05) is 24.3 Å². The Balaban J connectivity index is 1.45. The minimum absolute atomic E-state index is 0.0607. The number of benzene rings is 2. The van der Waals surface area contributed by atoms with Crippen molar-refractivity contribution >= 4 is 12.0 Å². The Hall–Kier alpha value is -2.35. The maximum absolute atomic E-state index is 12.5. The van der Waals surface area contributed by atoms with Crippen LogP contribution >= 0.6 is 0 Å². The van der Waals surface area contributed by atoms with Gasteiger partial charge < -0.3 is 5.32 Å². The molecule has 0 atom stereocenters. The summed E-state index contributed by atoms with van der Waals surface area (Å²) in [6.45, 7) is 2.17. The van der Waals surface area contributed by atoms with Crippen LogP contribution in [0.15, 0.2) is 60.7 Å². The lowest BCUT2D eigenvalue weighted by Gasteiger charge is -2.29. The van der Waals surface area contributed by atoms with Crippen molar-refractivity contribution in [3.8, 4) is 0 Å². The van der Waals surface area contributed by atoms with E-state index in [0.29, 0.717) is 6.04 Å². The molecule has 142 valence electrons. The molecule has 0 aliphatic heterocycles. The van der Waals surface area contributed by atoms with Gasteiger partial charge in [0.1, 0.15) is 0 Å². The van der Waals surface area contributed by atoms with E-state index in [1.165, 1.54) is 18.4 Å². The monoisotopic (exact) mass is 361 g/mol. The first-order valence-corrected chi connectivity index (χ1v) is 10.4. The molecule has 0 spiro atoms. The number of amides is 1. The highest BCUT2D eigenvalue weighted by atomic mass is 16.1. The Labute approximate surface area is 163 Å². The zero-order chi connectivity index (χ0) is 18.9. The summed E-state index contributed by atoms with van der Waals surface area (Å²) in [5.74, 6) is 0.806. The van der Waals surface area contributed by atoms with Gasteiger partial charge in [0.15, 0.2) is 0 Å². The van der Waals surface area contributed by atoms with Gasteiger partial charge in [0.25, 0.3) is 5.91 Å². The van der Waals surface area contributed by atoms with Crippen LogP contribution < -0.4 is 5.32 Å². The van der Waals surface area contributed by atoms with Crippen LogP contribution in [-0.4, -0.2) is 11.9 Å². The second-order valence-corrected chi connectivity index (χ2v) is 7.69. The van der Waals surface area contributed by atoms with Gasteiger partial charge >= 0.3 is 0 Å². The van der Waals surface area contributed by atoms with Crippen LogP contribution in [0.1, 0.15) is 66.9 Å². The van der Waals surface area contributed by atoms with E-state index in [2.05, 4.69) is 54.7 Å². The highest BCUT2D eigenvalue weighted by Gasteiger charge is 2.22. The molecule has 2 aromatic carbocycles. The lowest BCUT2D eigenvalue weighted by atomic mass is 9.82. The van der Waals surface area contributed by atoms with Crippen LogP contribution in [0.5, 0.6) is 0 Å². The van der Waals surface area contributed by atoms with E-state index in [-0.39, 0.29) is 5.91 Å². The van der Waals surface area contributed by atoms with Crippen molar-refractivity contribution in [3.05, 3.63) is 77.4 Å². The fourth-order valence-corrected chi connectivity index (χ4v) is 3.86. The van der Waals surface area contributed by atoms with Crippen molar-refractivity contribution < 1.29 is 4.79 Å². The summed E-state index contributed by atoms with van der Waals surface area (Å²) in [6.07, 6.45) is 12.3. The molecular formula is C25H31NO. The lowest BCUT2D eigenvalue weighted by Crippen LogP contribution is -2.37. The average molecular weight is 362 g/mol. The lowest BCUT2D eigenvalue weighted by molar-refractivity contribution is 0.0922. The van der Waals surface area contributed by atoms with Gasteiger partial charge in [0.05, 0.1) is 0 Å². The summed E-state index contributed by atoms with van der Waals surface area (Å²) in [5.41, 5.74) is 3.34. The molecule has 0 saturated heterocycles. The normalized spacial score (nSPS) is 19.9. The molecule has 27 heavy (non-hydrogen) atoms. The third-order valence-electron chi connectivity index (χ3n) is 5.49. The Morgan fingerprint density at radius 2 is 1.70 bits per heavy atom. The maximum Gasteiger partial charge on any atom is 0.251 e.